The van der Waals surface area contributed by atoms with E-state index in [2.05, 4.69) is 0 Å². The molecule has 3 aromatic carbocycles. The fourth-order valence-corrected chi connectivity index (χ4v) is 3.18. The van der Waals surface area contributed by atoms with Gasteiger partial charge in [-0.3, -0.25) is 9.59 Å². The number of rotatable bonds is 9. The summed E-state index contributed by atoms with van der Waals surface area (Å²) in [5.41, 5.74) is 3.45. The zero-order valence-electron chi connectivity index (χ0n) is 18.9. The van der Waals surface area contributed by atoms with Crippen LogP contribution < -0.4 is 19.3 Å². The molecule has 0 spiro atoms. The fourth-order valence-electron chi connectivity index (χ4n) is 3.18. The van der Waals surface area contributed by atoms with E-state index in [0.29, 0.717) is 17.9 Å². The number of ether oxygens (including phenoxy) is 2. The lowest BCUT2D eigenvalue weighted by molar-refractivity contribution is -0.120. The molecule has 0 heterocycles. The minimum atomic E-state index is -0.178. The van der Waals surface area contributed by atoms with Crippen molar-refractivity contribution >= 4 is 23.1 Å². The highest BCUT2D eigenvalue weighted by molar-refractivity contribution is 5.95. The van der Waals surface area contributed by atoms with Crippen LogP contribution in [0, 0.1) is 0 Å². The molecule has 32 heavy (non-hydrogen) atoms. The Bertz CT molecular complexity index is 1040. The molecule has 6 heteroatoms. The zero-order valence-corrected chi connectivity index (χ0v) is 18.9. The largest absolute Gasteiger partial charge is 0.497 e. The number of ketones is 1. The molecule has 6 nitrogen and oxygen atoms in total. The van der Waals surface area contributed by atoms with Crippen molar-refractivity contribution in [2.45, 2.75) is 13.5 Å². The molecule has 0 N–H and O–H groups in total. The van der Waals surface area contributed by atoms with Crippen molar-refractivity contribution in [2.24, 2.45) is 0 Å². The number of hydrogen-bond donors (Lipinski definition) is 0. The first kappa shape index (κ1) is 22.9. The quantitative estimate of drug-likeness (QED) is 0.464. The third kappa shape index (κ3) is 5.88. The highest BCUT2D eigenvalue weighted by Crippen LogP contribution is 2.23. The molecule has 3 rings (SSSR count). The molecule has 0 atom stereocenters. The van der Waals surface area contributed by atoms with Crippen LogP contribution in [0.3, 0.4) is 0 Å². The molecular formula is C26H28N2O4. The van der Waals surface area contributed by atoms with Crippen LogP contribution in [0.15, 0.2) is 72.8 Å². The van der Waals surface area contributed by atoms with Crippen LogP contribution in [0.4, 0.5) is 11.4 Å². The molecule has 0 saturated carbocycles. The van der Waals surface area contributed by atoms with E-state index < -0.39 is 0 Å². The molecule has 3 aromatic rings. The van der Waals surface area contributed by atoms with E-state index in [9.17, 15) is 9.59 Å². The lowest BCUT2D eigenvalue weighted by atomic mass is 10.1. The molecular weight excluding hydrogens is 404 g/mol. The maximum atomic E-state index is 13.1. The average molecular weight is 433 g/mol. The van der Waals surface area contributed by atoms with E-state index in [0.717, 1.165) is 22.7 Å². The first-order chi connectivity index (χ1) is 15.4. The van der Waals surface area contributed by atoms with Crippen molar-refractivity contribution in [2.75, 3.05) is 37.6 Å². The topological polar surface area (TPSA) is 59.1 Å². The summed E-state index contributed by atoms with van der Waals surface area (Å²) in [5, 5.41) is 0. The van der Waals surface area contributed by atoms with Gasteiger partial charge in [0.2, 0.25) is 0 Å². The van der Waals surface area contributed by atoms with Crippen LogP contribution in [0.1, 0.15) is 22.8 Å². The van der Waals surface area contributed by atoms with Gasteiger partial charge in [-0.15, -0.1) is 0 Å². The summed E-state index contributed by atoms with van der Waals surface area (Å²) in [4.78, 5) is 28.3. The van der Waals surface area contributed by atoms with E-state index in [-0.39, 0.29) is 18.3 Å². The molecule has 0 aliphatic heterocycles. The number of amides is 1. The zero-order chi connectivity index (χ0) is 23.1. The summed E-state index contributed by atoms with van der Waals surface area (Å²) >= 11 is 0. The second kappa shape index (κ2) is 10.5. The van der Waals surface area contributed by atoms with E-state index in [1.807, 2.05) is 67.5 Å². The van der Waals surface area contributed by atoms with Gasteiger partial charge < -0.3 is 19.3 Å². The lowest BCUT2D eigenvalue weighted by Crippen LogP contribution is -2.34. The predicted molar refractivity (Wildman–Crippen MR) is 127 cm³/mol. The van der Waals surface area contributed by atoms with Crippen molar-refractivity contribution in [1.82, 2.24) is 0 Å². The second-order valence-corrected chi connectivity index (χ2v) is 7.61. The minimum absolute atomic E-state index is 0.0152. The van der Waals surface area contributed by atoms with Gasteiger partial charge in [-0.25, -0.2) is 0 Å². The summed E-state index contributed by atoms with van der Waals surface area (Å²) in [7, 11) is 5.58. The van der Waals surface area contributed by atoms with Crippen LogP contribution in [-0.2, 0) is 11.3 Å². The van der Waals surface area contributed by atoms with E-state index in [4.69, 9.17) is 9.47 Å². The van der Waals surface area contributed by atoms with Crippen molar-refractivity contribution in [3.8, 4) is 11.5 Å². The van der Waals surface area contributed by atoms with Gasteiger partial charge in [0.1, 0.15) is 11.5 Å². The smallest absolute Gasteiger partial charge is 0.265 e. The monoisotopic (exact) mass is 432 g/mol. The Morgan fingerprint density at radius 2 is 1.34 bits per heavy atom. The van der Waals surface area contributed by atoms with Gasteiger partial charge in [0, 0.05) is 31.0 Å². The van der Waals surface area contributed by atoms with Crippen LogP contribution in [0.5, 0.6) is 11.5 Å². The molecule has 0 aliphatic carbocycles. The number of hydrogen-bond acceptors (Lipinski definition) is 5. The van der Waals surface area contributed by atoms with Gasteiger partial charge in [0.05, 0.1) is 13.7 Å². The summed E-state index contributed by atoms with van der Waals surface area (Å²) in [5.74, 6) is 1.06. The van der Waals surface area contributed by atoms with E-state index in [1.54, 1.807) is 36.3 Å². The lowest BCUT2D eigenvalue weighted by Gasteiger charge is -2.24. The SMILES string of the molecule is COc1ccc(N(Cc2ccc(N(C)C)cc2)C(=O)COc2ccc(C(C)=O)cc2)cc1. The summed E-state index contributed by atoms with van der Waals surface area (Å²) < 4.78 is 10.9. The number of benzene rings is 3. The normalized spacial score (nSPS) is 10.4. The van der Waals surface area contributed by atoms with Gasteiger partial charge in [0.25, 0.3) is 5.91 Å². The maximum absolute atomic E-state index is 13.1. The van der Waals surface area contributed by atoms with Crippen molar-refractivity contribution < 1.29 is 19.1 Å². The molecule has 1 amide bonds. The standard InChI is InChI=1S/C26H28N2O4/c1-19(29)21-7-13-25(14-8-21)32-18-26(30)28(23-11-15-24(31-4)16-12-23)17-20-5-9-22(10-6-20)27(2)3/h5-16H,17-18H2,1-4H3. The van der Waals surface area contributed by atoms with Gasteiger partial charge in [0.15, 0.2) is 12.4 Å². The summed E-state index contributed by atoms with van der Waals surface area (Å²) in [6.07, 6.45) is 0. The molecule has 0 saturated heterocycles. The van der Waals surface area contributed by atoms with Crippen molar-refractivity contribution in [3.63, 3.8) is 0 Å². The van der Waals surface area contributed by atoms with Gasteiger partial charge in [-0.2, -0.15) is 0 Å². The Morgan fingerprint density at radius 1 is 0.781 bits per heavy atom. The Balaban J connectivity index is 1.77. The van der Waals surface area contributed by atoms with Crippen LogP contribution in [0.25, 0.3) is 0 Å². The molecule has 0 aromatic heterocycles. The first-order valence-electron chi connectivity index (χ1n) is 10.3. The fraction of sp³-hybridized carbons (Fsp3) is 0.231. The highest BCUT2D eigenvalue weighted by atomic mass is 16.5. The Labute approximate surface area is 189 Å². The van der Waals surface area contributed by atoms with Gasteiger partial charge >= 0.3 is 0 Å². The van der Waals surface area contributed by atoms with Gasteiger partial charge in [-0.05, 0) is 73.2 Å². The molecule has 0 aliphatic rings. The second-order valence-electron chi connectivity index (χ2n) is 7.61. The number of methoxy groups -OCH3 is 1. The predicted octanol–water partition coefficient (Wildman–Crippen LogP) is 4.58. The molecule has 0 unspecified atom stereocenters. The van der Waals surface area contributed by atoms with E-state index >= 15 is 0 Å². The van der Waals surface area contributed by atoms with Crippen LogP contribution in [-0.4, -0.2) is 39.5 Å². The number of carbonyl (C=O) groups is 2. The summed E-state index contributed by atoms with van der Waals surface area (Å²) in [6, 6.07) is 22.2. The van der Waals surface area contributed by atoms with Crippen molar-refractivity contribution in [1.29, 1.82) is 0 Å². The molecule has 0 bridgehead atoms. The highest BCUT2D eigenvalue weighted by Gasteiger charge is 2.18. The van der Waals surface area contributed by atoms with E-state index in [1.165, 1.54) is 6.92 Å². The van der Waals surface area contributed by atoms with Crippen molar-refractivity contribution in [3.05, 3.63) is 83.9 Å². The Hall–Kier alpha value is -3.80. The number of Topliss-reactive ketones (excluding diaryl/α,β-unsaturated/α-hetero) is 1. The number of anilines is 2. The number of nitrogens with zero attached hydrogens (tertiary/aromatic N) is 2. The Morgan fingerprint density at radius 3 is 1.88 bits per heavy atom. The first-order valence-corrected chi connectivity index (χ1v) is 10.3. The number of carbonyl (C=O) groups excluding carboxylic acids is 2. The molecule has 0 radical (unpaired) electrons. The molecule has 0 fully saturated rings. The third-order valence-corrected chi connectivity index (χ3v) is 5.10. The van der Waals surface area contributed by atoms with Crippen LogP contribution in [0.2, 0.25) is 0 Å². The van der Waals surface area contributed by atoms with Gasteiger partial charge in [-0.1, -0.05) is 12.1 Å². The minimum Gasteiger partial charge on any atom is -0.497 e. The van der Waals surface area contributed by atoms with Crippen LogP contribution >= 0.6 is 0 Å². The maximum Gasteiger partial charge on any atom is 0.265 e. The summed E-state index contributed by atoms with van der Waals surface area (Å²) in [6.45, 7) is 1.80. The third-order valence-electron chi connectivity index (χ3n) is 5.10. The Kier molecular flexibility index (Phi) is 7.49. The average Bonchev–Trinajstić information content (AvgIpc) is 2.81. The molecule has 166 valence electrons.